The molecule has 0 spiro atoms. The fraction of sp³-hybridized carbons (Fsp3) is 0.182. The minimum Gasteiger partial charge on any atom is -0.497 e. The van der Waals surface area contributed by atoms with E-state index in [0.717, 1.165) is 12.0 Å². The SMILES string of the molecule is COc1cccc(CS(=O)(=O)Nc2ccc3c(c2)N(C(=O)c2cccnc2)CC3)c1. The lowest BCUT2D eigenvalue weighted by atomic mass is 10.1. The second kappa shape index (κ2) is 8.16. The molecule has 1 aliphatic heterocycles. The van der Waals surface area contributed by atoms with Crippen LogP contribution >= 0.6 is 0 Å². The Kier molecular flexibility index (Phi) is 5.41. The molecule has 0 unspecified atom stereocenters. The van der Waals surface area contributed by atoms with Crippen LogP contribution in [0.1, 0.15) is 21.5 Å². The Balaban J connectivity index is 1.54. The molecule has 4 rings (SSSR count). The second-order valence-corrected chi connectivity index (χ2v) is 8.73. The Hall–Kier alpha value is -3.39. The number of rotatable bonds is 6. The number of methoxy groups -OCH3 is 1. The Bertz CT molecular complexity index is 1180. The van der Waals surface area contributed by atoms with E-state index >= 15 is 0 Å². The summed E-state index contributed by atoms with van der Waals surface area (Å²) in [5.74, 6) is 0.266. The minimum atomic E-state index is -3.64. The monoisotopic (exact) mass is 423 g/mol. The minimum absolute atomic E-state index is 0.154. The third-order valence-electron chi connectivity index (χ3n) is 4.90. The zero-order valence-corrected chi connectivity index (χ0v) is 17.2. The molecule has 8 heteroatoms. The number of ether oxygens (including phenoxy) is 1. The second-order valence-electron chi connectivity index (χ2n) is 7.00. The maximum absolute atomic E-state index is 12.8. The van der Waals surface area contributed by atoms with Crippen molar-refractivity contribution in [2.24, 2.45) is 0 Å². The highest BCUT2D eigenvalue weighted by Crippen LogP contribution is 2.32. The number of carbonyl (C=O) groups is 1. The van der Waals surface area contributed by atoms with Crippen LogP contribution in [-0.2, 0) is 22.2 Å². The Labute approximate surface area is 175 Å². The van der Waals surface area contributed by atoms with Gasteiger partial charge in [0, 0.05) is 24.6 Å². The first-order chi connectivity index (χ1) is 14.4. The van der Waals surface area contributed by atoms with Crippen LogP contribution in [0.4, 0.5) is 11.4 Å². The standard InChI is InChI=1S/C22H21N3O4S/c1-29-20-6-2-4-16(12-20)15-30(27,28)24-19-8-7-17-9-11-25(21(17)13-19)22(26)18-5-3-10-23-14-18/h2-8,10,12-14,24H,9,11,15H2,1H3. The molecule has 2 heterocycles. The van der Waals surface area contributed by atoms with Gasteiger partial charge < -0.3 is 9.64 Å². The van der Waals surface area contributed by atoms with Crippen LogP contribution in [-0.4, -0.2) is 33.0 Å². The number of sulfonamides is 1. The summed E-state index contributed by atoms with van der Waals surface area (Å²) in [6.07, 6.45) is 3.86. The number of pyridine rings is 1. The zero-order chi connectivity index (χ0) is 21.1. The summed E-state index contributed by atoms with van der Waals surface area (Å²) in [4.78, 5) is 18.5. The summed E-state index contributed by atoms with van der Waals surface area (Å²) < 4.78 is 33.1. The van der Waals surface area contributed by atoms with Crippen molar-refractivity contribution < 1.29 is 17.9 Å². The van der Waals surface area contributed by atoms with Gasteiger partial charge in [-0.2, -0.15) is 0 Å². The van der Waals surface area contributed by atoms with E-state index in [2.05, 4.69) is 9.71 Å². The molecule has 1 N–H and O–H groups in total. The molecule has 7 nitrogen and oxygen atoms in total. The van der Waals surface area contributed by atoms with E-state index in [1.807, 2.05) is 6.07 Å². The molecule has 2 aromatic carbocycles. The lowest BCUT2D eigenvalue weighted by Gasteiger charge is -2.18. The lowest BCUT2D eigenvalue weighted by molar-refractivity contribution is 0.0989. The third-order valence-corrected chi connectivity index (χ3v) is 6.16. The van der Waals surface area contributed by atoms with Crippen molar-refractivity contribution in [3.05, 3.63) is 83.7 Å². The van der Waals surface area contributed by atoms with Crippen LogP contribution in [0.5, 0.6) is 5.75 Å². The predicted molar refractivity (Wildman–Crippen MR) is 115 cm³/mol. The molecule has 154 valence electrons. The largest absolute Gasteiger partial charge is 0.497 e. The van der Waals surface area contributed by atoms with Crippen molar-refractivity contribution in [3.8, 4) is 5.75 Å². The van der Waals surface area contributed by atoms with E-state index in [1.54, 1.807) is 59.6 Å². The van der Waals surface area contributed by atoms with E-state index < -0.39 is 10.0 Å². The molecule has 1 amide bonds. The van der Waals surface area contributed by atoms with Gasteiger partial charge in [-0.1, -0.05) is 18.2 Å². The van der Waals surface area contributed by atoms with Crippen LogP contribution in [0, 0.1) is 0 Å². The summed E-state index contributed by atoms with van der Waals surface area (Å²) in [5.41, 5.74) is 3.25. The lowest BCUT2D eigenvalue weighted by Crippen LogP contribution is -2.29. The molecule has 0 fully saturated rings. The van der Waals surface area contributed by atoms with E-state index in [0.29, 0.717) is 34.8 Å². The van der Waals surface area contributed by atoms with Crippen molar-refractivity contribution in [1.29, 1.82) is 0 Å². The van der Waals surface area contributed by atoms with Gasteiger partial charge in [0.05, 0.1) is 24.1 Å². The predicted octanol–water partition coefficient (Wildman–Crippen LogP) is 3.24. The number of anilines is 2. The summed E-state index contributed by atoms with van der Waals surface area (Å²) in [7, 11) is -2.10. The molecule has 30 heavy (non-hydrogen) atoms. The normalized spacial score (nSPS) is 13.0. The van der Waals surface area contributed by atoms with Gasteiger partial charge in [-0.25, -0.2) is 8.42 Å². The van der Waals surface area contributed by atoms with Gasteiger partial charge in [-0.05, 0) is 53.9 Å². The molecule has 3 aromatic rings. The van der Waals surface area contributed by atoms with Gasteiger partial charge in [0.2, 0.25) is 10.0 Å². The quantitative estimate of drug-likeness (QED) is 0.658. The number of nitrogens with one attached hydrogen (secondary N) is 1. The van der Waals surface area contributed by atoms with Gasteiger partial charge in [0.1, 0.15) is 5.75 Å². The summed E-state index contributed by atoms with van der Waals surface area (Å²) in [6, 6.07) is 15.7. The number of hydrogen-bond donors (Lipinski definition) is 1. The van der Waals surface area contributed by atoms with Gasteiger partial charge in [0.25, 0.3) is 5.91 Å². The molecule has 0 saturated carbocycles. The molecule has 1 aromatic heterocycles. The molecule has 0 bridgehead atoms. The van der Waals surface area contributed by atoms with E-state index in [1.165, 1.54) is 13.3 Å². The number of amides is 1. The third kappa shape index (κ3) is 4.28. The van der Waals surface area contributed by atoms with Crippen molar-refractivity contribution in [3.63, 3.8) is 0 Å². The van der Waals surface area contributed by atoms with E-state index in [4.69, 9.17) is 4.74 Å². The summed E-state index contributed by atoms with van der Waals surface area (Å²) in [6.45, 7) is 0.545. The Morgan fingerprint density at radius 2 is 2.03 bits per heavy atom. The van der Waals surface area contributed by atoms with Crippen LogP contribution in [0.25, 0.3) is 0 Å². The average Bonchev–Trinajstić information content (AvgIpc) is 3.16. The Morgan fingerprint density at radius 3 is 2.80 bits per heavy atom. The first-order valence-corrected chi connectivity index (χ1v) is 11.1. The Morgan fingerprint density at radius 1 is 1.17 bits per heavy atom. The molecule has 0 radical (unpaired) electrons. The molecule has 1 aliphatic rings. The van der Waals surface area contributed by atoms with Crippen LogP contribution in [0.15, 0.2) is 67.0 Å². The summed E-state index contributed by atoms with van der Waals surface area (Å²) in [5, 5.41) is 0. The maximum Gasteiger partial charge on any atom is 0.259 e. The van der Waals surface area contributed by atoms with Crippen LogP contribution in [0.3, 0.4) is 0 Å². The van der Waals surface area contributed by atoms with E-state index in [9.17, 15) is 13.2 Å². The number of fused-ring (bicyclic) bond motifs is 1. The van der Waals surface area contributed by atoms with Gasteiger partial charge in [-0.15, -0.1) is 0 Å². The highest BCUT2D eigenvalue weighted by Gasteiger charge is 2.26. The topological polar surface area (TPSA) is 88.6 Å². The zero-order valence-electron chi connectivity index (χ0n) is 16.4. The molecule has 0 atom stereocenters. The molecule has 0 saturated heterocycles. The molecular formula is C22H21N3O4S. The number of hydrogen-bond acceptors (Lipinski definition) is 5. The van der Waals surface area contributed by atoms with Crippen LogP contribution in [0.2, 0.25) is 0 Å². The first kappa shape index (κ1) is 19.9. The van der Waals surface area contributed by atoms with Gasteiger partial charge >= 0.3 is 0 Å². The molecule has 0 aliphatic carbocycles. The summed E-state index contributed by atoms with van der Waals surface area (Å²) >= 11 is 0. The number of aromatic nitrogens is 1. The van der Waals surface area contributed by atoms with Crippen molar-refractivity contribution in [1.82, 2.24) is 4.98 Å². The highest BCUT2D eigenvalue weighted by molar-refractivity contribution is 7.91. The van der Waals surface area contributed by atoms with Crippen molar-refractivity contribution >= 4 is 27.3 Å². The smallest absolute Gasteiger partial charge is 0.259 e. The first-order valence-electron chi connectivity index (χ1n) is 9.43. The van der Waals surface area contributed by atoms with Crippen molar-refractivity contribution in [2.75, 3.05) is 23.3 Å². The number of nitrogens with zero attached hydrogens (tertiary/aromatic N) is 2. The fourth-order valence-corrected chi connectivity index (χ4v) is 4.67. The maximum atomic E-state index is 12.8. The highest BCUT2D eigenvalue weighted by atomic mass is 32.2. The van der Waals surface area contributed by atoms with E-state index in [-0.39, 0.29) is 11.7 Å². The average molecular weight is 423 g/mol. The number of benzene rings is 2. The van der Waals surface area contributed by atoms with Crippen LogP contribution < -0.4 is 14.4 Å². The van der Waals surface area contributed by atoms with Crippen molar-refractivity contribution in [2.45, 2.75) is 12.2 Å². The molecular weight excluding hydrogens is 402 g/mol. The number of carbonyl (C=O) groups excluding carboxylic acids is 1. The van der Waals surface area contributed by atoms with Gasteiger partial charge in [0.15, 0.2) is 0 Å². The van der Waals surface area contributed by atoms with Gasteiger partial charge in [-0.3, -0.25) is 14.5 Å². The fourth-order valence-electron chi connectivity index (χ4n) is 3.50.